The molecule has 0 bridgehead atoms. The Morgan fingerprint density at radius 1 is 1.13 bits per heavy atom. The number of hydrogen-bond acceptors (Lipinski definition) is 5. The summed E-state index contributed by atoms with van der Waals surface area (Å²) in [5.41, 5.74) is 1.98. The van der Waals surface area contributed by atoms with Gasteiger partial charge in [-0.05, 0) is 49.6 Å². The number of anilines is 1. The number of aryl methyl sites for hydroxylation is 2. The molecule has 1 aliphatic rings. The van der Waals surface area contributed by atoms with Crippen LogP contribution >= 0.6 is 11.3 Å². The van der Waals surface area contributed by atoms with Crippen LogP contribution in [0.3, 0.4) is 0 Å². The third kappa shape index (κ3) is 4.13. The molecule has 0 unspecified atom stereocenters. The van der Waals surface area contributed by atoms with Crippen LogP contribution in [0.2, 0.25) is 0 Å². The standard InChI is InChI=1S/C21H23N3O4S2/c1-15-6-2-3-7-17(15)22-30(27,28)16-8-9-18-19(14-16)29-21(26)24(18)13-10-20(25)23-11-4-5-12-23/h2-3,6-9,14,22H,4-5,10-13H2,1H3. The molecular formula is C21H23N3O4S2. The number of carbonyl (C=O) groups is 1. The van der Waals surface area contributed by atoms with E-state index in [-0.39, 0.29) is 22.1 Å². The van der Waals surface area contributed by atoms with Gasteiger partial charge in [-0.25, -0.2) is 8.42 Å². The average Bonchev–Trinajstić information content (AvgIpc) is 3.35. The van der Waals surface area contributed by atoms with Gasteiger partial charge in [0.15, 0.2) is 0 Å². The van der Waals surface area contributed by atoms with Gasteiger partial charge in [-0.15, -0.1) is 0 Å². The minimum Gasteiger partial charge on any atom is -0.343 e. The Bertz CT molecular complexity index is 1250. The van der Waals surface area contributed by atoms with Crippen molar-refractivity contribution >= 4 is 43.2 Å². The molecule has 7 nitrogen and oxygen atoms in total. The lowest BCUT2D eigenvalue weighted by molar-refractivity contribution is -0.130. The van der Waals surface area contributed by atoms with Gasteiger partial charge >= 0.3 is 4.87 Å². The number of amides is 1. The van der Waals surface area contributed by atoms with E-state index in [0.717, 1.165) is 42.8 Å². The second-order valence-corrected chi connectivity index (χ2v) is 10.1. The highest BCUT2D eigenvalue weighted by molar-refractivity contribution is 7.92. The molecular weight excluding hydrogens is 422 g/mol. The number of fused-ring (bicyclic) bond motifs is 1. The fourth-order valence-electron chi connectivity index (χ4n) is 3.65. The molecule has 1 aliphatic heterocycles. The Balaban J connectivity index is 1.57. The van der Waals surface area contributed by atoms with Crippen LogP contribution in [0.25, 0.3) is 10.2 Å². The van der Waals surface area contributed by atoms with Gasteiger partial charge in [0, 0.05) is 26.1 Å². The zero-order valence-corrected chi connectivity index (χ0v) is 18.3. The highest BCUT2D eigenvalue weighted by atomic mass is 32.2. The quantitative estimate of drug-likeness (QED) is 0.631. The van der Waals surface area contributed by atoms with Crippen molar-refractivity contribution in [2.24, 2.45) is 0 Å². The summed E-state index contributed by atoms with van der Waals surface area (Å²) >= 11 is 0.993. The molecule has 30 heavy (non-hydrogen) atoms. The van der Waals surface area contributed by atoms with E-state index in [4.69, 9.17) is 0 Å². The summed E-state index contributed by atoms with van der Waals surface area (Å²) in [5, 5.41) is 0. The van der Waals surface area contributed by atoms with E-state index in [0.29, 0.717) is 22.4 Å². The summed E-state index contributed by atoms with van der Waals surface area (Å²) in [6, 6.07) is 11.8. The lowest BCUT2D eigenvalue weighted by atomic mass is 10.2. The fraction of sp³-hybridized carbons (Fsp3) is 0.333. The minimum atomic E-state index is -3.78. The second kappa shape index (κ2) is 8.23. The summed E-state index contributed by atoms with van der Waals surface area (Å²) in [5.74, 6) is 0.0559. The van der Waals surface area contributed by atoms with Gasteiger partial charge < -0.3 is 4.90 Å². The second-order valence-electron chi connectivity index (χ2n) is 7.41. The summed E-state index contributed by atoms with van der Waals surface area (Å²) in [7, 11) is -3.78. The summed E-state index contributed by atoms with van der Waals surface area (Å²) in [6.45, 7) is 3.69. The van der Waals surface area contributed by atoms with Crippen molar-refractivity contribution in [1.29, 1.82) is 0 Å². The number of nitrogens with one attached hydrogen (secondary N) is 1. The van der Waals surface area contributed by atoms with Crippen LogP contribution in [-0.4, -0.2) is 36.9 Å². The highest BCUT2D eigenvalue weighted by Crippen LogP contribution is 2.25. The lowest BCUT2D eigenvalue weighted by Crippen LogP contribution is -2.29. The maximum atomic E-state index is 12.8. The Morgan fingerprint density at radius 2 is 1.87 bits per heavy atom. The molecule has 1 aromatic heterocycles. The van der Waals surface area contributed by atoms with E-state index in [9.17, 15) is 18.0 Å². The van der Waals surface area contributed by atoms with Crippen molar-refractivity contribution in [3.05, 3.63) is 57.7 Å². The van der Waals surface area contributed by atoms with Crippen molar-refractivity contribution in [2.45, 2.75) is 37.6 Å². The van der Waals surface area contributed by atoms with Crippen LogP contribution in [0.4, 0.5) is 5.69 Å². The Hall–Kier alpha value is -2.65. The Labute approximate surface area is 179 Å². The zero-order valence-electron chi connectivity index (χ0n) is 16.6. The number of hydrogen-bond donors (Lipinski definition) is 1. The molecule has 0 atom stereocenters. The normalized spacial score (nSPS) is 14.4. The molecule has 1 saturated heterocycles. The van der Waals surface area contributed by atoms with Gasteiger partial charge in [0.2, 0.25) is 5.91 Å². The zero-order chi connectivity index (χ0) is 21.3. The smallest absolute Gasteiger partial charge is 0.308 e. The summed E-state index contributed by atoms with van der Waals surface area (Å²) in [6.07, 6.45) is 2.32. The molecule has 158 valence electrons. The van der Waals surface area contributed by atoms with Crippen molar-refractivity contribution in [1.82, 2.24) is 9.47 Å². The molecule has 1 N–H and O–H groups in total. The number of thiazole rings is 1. The first kappa shape index (κ1) is 20.6. The van der Waals surface area contributed by atoms with E-state index in [1.54, 1.807) is 22.8 Å². The van der Waals surface area contributed by atoms with Crippen molar-refractivity contribution in [2.75, 3.05) is 17.8 Å². The molecule has 0 aliphatic carbocycles. The van der Waals surface area contributed by atoms with Crippen LogP contribution in [0.5, 0.6) is 0 Å². The van der Waals surface area contributed by atoms with Crippen molar-refractivity contribution < 1.29 is 13.2 Å². The molecule has 3 aromatic rings. The molecule has 4 rings (SSSR count). The van der Waals surface area contributed by atoms with Crippen molar-refractivity contribution in [3.63, 3.8) is 0 Å². The minimum absolute atomic E-state index is 0.0559. The molecule has 2 heterocycles. The molecule has 1 fully saturated rings. The average molecular weight is 446 g/mol. The molecule has 0 radical (unpaired) electrons. The molecule has 9 heteroatoms. The SMILES string of the molecule is Cc1ccccc1NS(=O)(=O)c1ccc2c(c1)sc(=O)n2CCC(=O)N1CCCC1. The number of benzene rings is 2. The number of aromatic nitrogens is 1. The van der Waals surface area contributed by atoms with E-state index in [1.807, 2.05) is 24.0 Å². The number of carbonyl (C=O) groups excluding carboxylic acids is 1. The lowest BCUT2D eigenvalue weighted by Gasteiger charge is -2.15. The Morgan fingerprint density at radius 3 is 2.60 bits per heavy atom. The maximum absolute atomic E-state index is 12.8. The van der Waals surface area contributed by atoms with Gasteiger partial charge in [-0.3, -0.25) is 18.9 Å². The van der Waals surface area contributed by atoms with Gasteiger partial charge in [-0.2, -0.15) is 0 Å². The number of likely N-dealkylation sites (tertiary alicyclic amines) is 1. The van der Waals surface area contributed by atoms with Gasteiger partial charge in [0.25, 0.3) is 10.0 Å². The number of nitrogens with zero attached hydrogens (tertiary/aromatic N) is 2. The fourth-order valence-corrected chi connectivity index (χ4v) is 5.84. The first-order valence-corrected chi connectivity index (χ1v) is 12.1. The van der Waals surface area contributed by atoms with E-state index in [2.05, 4.69) is 4.72 Å². The van der Waals surface area contributed by atoms with Crippen LogP contribution in [0.15, 0.2) is 52.2 Å². The van der Waals surface area contributed by atoms with E-state index >= 15 is 0 Å². The van der Waals surface area contributed by atoms with Gasteiger partial charge in [0.05, 0.1) is 20.8 Å². The van der Waals surface area contributed by atoms with Crippen molar-refractivity contribution in [3.8, 4) is 0 Å². The topological polar surface area (TPSA) is 88.5 Å². The van der Waals surface area contributed by atoms with Crippen LogP contribution < -0.4 is 9.60 Å². The summed E-state index contributed by atoms with van der Waals surface area (Å²) < 4.78 is 30.4. The molecule has 2 aromatic carbocycles. The Kier molecular flexibility index (Phi) is 5.66. The number of rotatable bonds is 6. The van der Waals surface area contributed by atoms with E-state index < -0.39 is 10.0 Å². The maximum Gasteiger partial charge on any atom is 0.308 e. The highest BCUT2D eigenvalue weighted by Gasteiger charge is 2.20. The van der Waals surface area contributed by atoms with Crippen LogP contribution in [0.1, 0.15) is 24.8 Å². The van der Waals surface area contributed by atoms with E-state index in [1.165, 1.54) is 12.1 Å². The molecule has 0 saturated carbocycles. The largest absolute Gasteiger partial charge is 0.343 e. The number of para-hydroxylation sites is 1. The third-order valence-corrected chi connectivity index (χ3v) is 7.65. The predicted octanol–water partition coefficient (Wildman–Crippen LogP) is 3.18. The monoisotopic (exact) mass is 445 g/mol. The number of sulfonamides is 1. The van der Waals surface area contributed by atoms with Crippen LogP contribution in [-0.2, 0) is 21.4 Å². The van der Waals surface area contributed by atoms with Crippen LogP contribution in [0, 0.1) is 6.92 Å². The molecule has 1 amide bonds. The predicted molar refractivity (Wildman–Crippen MR) is 119 cm³/mol. The third-order valence-electron chi connectivity index (χ3n) is 5.35. The van der Waals surface area contributed by atoms with Gasteiger partial charge in [0.1, 0.15) is 0 Å². The van der Waals surface area contributed by atoms with Gasteiger partial charge in [-0.1, -0.05) is 29.5 Å². The first-order valence-electron chi connectivity index (χ1n) is 9.85. The first-order chi connectivity index (χ1) is 14.3. The summed E-state index contributed by atoms with van der Waals surface area (Å²) in [4.78, 5) is 26.5. The molecule has 0 spiro atoms.